The normalized spacial score (nSPS) is 12.3. The van der Waals surface area contributed by atoms with E-state index in [1.807, 2.05) is 42.5 Å². The zero-order chi connectivity index (χ0) is 29.6. The number of esters is 1. The van der Waals surface area contributed by atoms with Gasteiger partial charge in [0.2, 0.25) is 5.91 Å². The van der Waals surface area contributed by atoms with Gasteiger partial charge in [0.15, 0.2) is 0 Å². The molecule has 41 heavy (non-hydrogen) atoms. The Labute approximate surface area is 243 Å². The molecule has 7 nitrogen and oxygen atoms in total. The second kappa shape index (κ2) is 13.2. The summed E-state index contributed by atoms with van der Waals surface area (Å²) in [5.41, 5.74) is 10.4. The molecule has 0 bridgehead atoms. The zero-order valence-corrected chi connectivity index (χ0v) is 24.5. The smallest absolute Gasteiger partial charge is 0.310 e. The Kier molecular flexibility index (Phi) is 9.73. The number of rotatable bonds is 12. The lowest BCUT2D eigenvalue weighted by atomic mass is 9.97. The van der Waals surface area contributed by atoms with Crippen molar-refractivity contribution in [3.8, 4) is 16.9 Å². The monoisotopic (exact) mass is 578 g/mol. The lowest BCUT2D eigenvalue weighted by molar-refractivity contribution is -0.142. The molecule has 0 aliphatic heterocycles. The maximum atomic E-state index is 14.0. The number of hydrogen-bond donors (Lipinski definition) is 2. The molecule has 0 aliphatic rings. The van der Waals surface area contributed by atoms with Crippen LogP contribution in [0.4, 0.5) is 4.39 Å². The number of furan rings is 1. The van der Waals surface area contributed by atoms with Crippen molar-refractivity contribution >= 4 is 34.8 Å². The lowest BCUT2D eigenvalue weighted by Crippen LogP contribution is -2.23. The van der Waals surface area contributed by atoms with Crippen LogP contribution in [0.2, 0.25) is 0 Å². The van der Waals surface area contributed by atoms with Gasteiger partial charge < -0.3 is 19.6 Å². The van der Waals surface area contributed by atoms with Gasteiger partial charge >= 0.3 is 5.97 Å². The fourth-order valence-electron chi connectivity index (χ4n) is 4.32. The van der Waals surface area contributed by atoms with Crippen LogP contribution >= 0.6 is 11.9 Å². The number of hydrogen-bond acceptors (Lipinski definition) is 7. The van der Waals surface area contributed by atoms with Crippen molar-refractivity contribution in [2.45, 2.75) is 51.5 Å². The van der Waals surface area contributed by atoms with Gasteiger partial charge in [0.25, 0.3) is 0 Å². The topological polar surface area (TPSA) is 104 Å². The molecule has 1 amide bonds. The quantitative estimate of drug-likeness (QED) is 0.139. The molecule has 0 radical (unpaired) electrons. The molecule has 0 saturated heterocycles. The third-order valence-corrected chi connectivity index (χ3v) is 7.27. The van der Waals surface area contributed by atoms with Crippen molar-refractivity contribution in [1.29, 1.82) is 0 Å². The average Bonchev–Trinajstić information content (AvgIpc) is 3.41. The van der Waals surface area contributed by atoms with E-state index in [-0.39, 0.29) is 29.9 Å². The Hall–Kier alpha value is -3.82. The summed E-state index contributed by atoms with van der Waals surface area (Å²) < 4.78 is 34.3. The first-order valence-electron chi connectivity index (χ1n) is 13.4. The number of ether oxygens (including phenoxy) is 2. The van der Waals surface area contributed by atoms with E-state index < -0.39 is 24.6 Å². The Morgan fingerprint density at radius 2 is 1.90 bits per heavy atom. The maximum absolute atomic E-state index is 14.0. The number of benzene rings is 3. The maximum Gasteiger partial charge on any atom is 0.310 e. The van der Waals surface area contributed by atoms with Crippen molar-refractivity contribution in [2.24, 2.45) is 5.73 Å². The molecule has 1 unspecified atom stereocenters. The molecule has 4 aromatic rings. The second-order valence-electron chi connectivity index (χ2n) is 10.6. The van der Waals surface area contributed by atoms with Gasteiger partial charge in [-0.05, 0) is 80.8 Å². The first-order chi connectivity index (χ1) is 19.6. The lowest BCUT2D eigenvalue weighted by Gasteiger charge is -2.23. The molecule has 3 N–H and O–H groups in total. The summed E-state index contributed by atoms with van der Waals surface area (Å²) in [5.74, 6) is -0.618. The van der Waals surface area contributed by atoms with Crippen molar-refractivity contribution in [1.82, 2.24) is 4.72 Å². The van der Waals surface area contributed by atoms with Gasteiger partial charge in [-0.1, -0.05) is 36.2 Å². The van der Waals surface area contributed by atoms with E-state index in [9.17, 15) is 14.0 Å². The van der Waals surface area contributed by atoms with Crippen LogP contribution in [0.5, 0.6) is 5.75 Å². The van der Waals surface area contributed by atoms with Crippen LogP contribution in [0, 0.1) is 0 Å². The molecular formula is C32H35FN2O5S. The molecule has 1 atom stereocenters. The van der Waals surface area contributed by atoms with E-state index >= 15 is 0 Å². The second-order valence-corrected chi connectivity index (χ2v) is 12.3. The third-order valence-electron chi connectivity index (χ3n) is 6.26. The number of primary amides is 1. The predicted molar refractivity (Wildman–Crippen MR) is 160 cm³/mol. The highest BCUT2D eigenvalue weighted by atomic mass is 32.2. The Bertz CT molecular complexity index is 1530. The summed E-state index contributed by atoms with van der Waals surface area (Å²) in [4.78, 5) is 24.0. The summed E-state index contributed by atoms with van der Waals surface area (Å²) in [5, 5.41) is 0.882. The fourth-order valence-corrected chi connectivity index (χ4v) is 5.01. The molecule has 9 heteroatoms. The summed E-state index contributed by atoms with van der Waals surface area (Å²) in [6, 6.07) is 17.8. The Morgan fingerprint density at radius 1 is 1.10 bits per heavy atom. The van der Waals surface area contributed by atoms with Crippen LogP contribution in [0.25, 0.3) is 22.1 Å². The number of fused-ring (bicyclic) bond motifs is 1. The molecule has 1 aromatic heterocycles. The van der Waals surface area contributed by atoms with Crippen molar-refractivity contribution < 1.29 is 27.9 Å². The third kappa shape index (κ3) is 7.89. The van der Waals surface area contributed by atoms with E-state index in [4.69, 9.17) is 19.6 Å². The largest absolute Gasteiger partial charge is 0.489 e. The van der Waals surface area contributed by atoms with Crippen molar-refractivity contribution in [2.75, 3.05) is 13.3 Å². The molecule has 1 heterocycles. The van der Waals surface area contributed by atoms with Crippen LogP contribution in [-0.4, -0.2) is 29.9 Å². The van der Waals surface area contributed by atoms with Crippen molar-refractivity contribution in [3.05, 3.63) is 89.2 Å². The predicted octanol–water partition coefficient (Wildman–Crippen LogP) is 6.93. The number of nitrogens with one attached hydrogen (secondary N) is 1. The van der Waals surface area contributed by atoms with Crippen molar-refractivity contribution in [3.63, 3.8) is 0 Å². The highest BCUT2D eigenvalue weighted by molar-refractivity contribution is 7.98. The van der Waals surface area contributed by atoms with Gasteiger partial charge in [-0.3, -0.25) is 14.3 Å². The summed E-state index contributed by atoms with van der Waals surface area (Å²) >= 11 is 1.50. The molecule has 0 spiro atoms. The van der Waals surface area contributed by atoms with Gasteiger partial charge in [0, 0.05) is 26.8 Å². The molecule has 216 valence electrons. The number of amides is 1. The van der Waals surface area contributed by atoms with Gasteiger partial charge in [-0.2, -0.15) is 0 Å². The molecule has 4 rings (SSSR count). The standard InChI is InChI=1S/C32H35FN2O5S/c1-5-38-29(36)17-23-9-10-25(31(34)37)16-28(23)40-19-20-13-24-11-12-39-30(24)26(14-20)21-7-6-8-22(15-21)27(18-33)35-41-32(2,3)4/h6-16,27,35H,5,17-19H2,1-4H3,(H2,34,37). The molecule has 0 aliphatic carbocycles. The van der Waals surface area contributed by atoms with Crippen LogP contribution in [0.1, 0.15) is 60.8 Å². The highest BCUT2D eigenvalue weighted by Crippen LogP contribution is 2.34. The molecular weight excluding hydrogens is 543 g/mol. The Balaban J connectivity index is 1.64. The number of nitrogens with two attached hydrogens (primary N) is 1. The molecule has 3 aromatic carbocycles. The van der Waals surface area contributed by atoms with E-state index in [1.54, 1.807) is 25.3 Å². The van der Waals surface area contributed by atoms with Crippen LogP contribution in [0.3, 0.4) is 0 Å². The van der Waals surface area contributed by atoms with Gasteiger partial charge in [0.1, 0.15) is 24.6 Å². The molecule has 0 saturated carbocycles. The summed E-state index contributed by atoms with van der Waals surface area (Å²) in [7, 11) is 0. The SMILES string of the molecule is CCOC(=O)Cc1ccc(C(N)=O)cc1OCc1cc(-c2cccc(C(CF)NSC(C)(C)C)c2)c2occc2c1. The number of halogens is 1. The van der Waals surface area contributed by atoms with Crippen LogP contribution in [0.15, 0.2) is 71.3 Å². The zero-order valence-electron chi connectivity index (χ0n) is 23.7. The van der Waals surface area contributed by atoms with Crippen LogP contribution in [-0.2, 0) is 22.6 Å². The minimum Gasteiger partial charge on any atom is -0.489 e. The molecule has 0 fully saturated rings. The van der Waals surface area contributed by atoms with Gasteiger partial charge in [-0.15, -0.1) is 0 Å². The number of alkyl halides is 1. The number of carbonyl (C=O) groups is 2. The first-order valence-corrected chi connectivity index (χ1v) is 14.2. The van der Waals surface area contributed by atoms with Gasteiger partial charge in [-0.25, -0.2) is 4.39 Å². The van der Waals surface area contributed by atoms with E-state index in [0.29, 0.717) is 16.9 Å². The Morgan fingerprint density at radius 3 is 2.61 bits per heavy atom. The number of carbonyl (C=O) groups excluding carboxylic acids is 2. The average molecular weight is 579 g/mol. The van der Waals surface area contributed by atoms with E-state index in [0.717, 1.165) is 27.6 Å². The minimum absolute atomic E-state index is 0.00169. The van der Waals surface area contributed by atoms with E-state index in [1.165, 1.54) is 18.0 Å². The van der Waals surface area contributed by atoms with Gasteiger partial charge in [0.05, 0.1) is 25.3 Å². The minimum atomic E-state index is -0.596. The first kappa shape index (κ1) is 30.1. The fraction of sp³-hybridized carbons (Fsp3) is 0.312. The highest BCUT2D eigenvalue weighted by Gasteiger charge is 2.19. The van der Waals surface area contributed by atoms with Crippen LogP contribution < -0.4 is 15.2 Å². The summed E-state index contributed by atoms with van der Waals surface area (Å²) in [6.07, 6.45) is 1.63. The summed E-state index contributed by atoms with van der Waals surface area (Å²) in [6.45, 7) is 7.83. The van der Waals surface area contributed by atoms with E-state index in [2.05, 4.69) is 25.5 Å².